The van der Waals surface area contributed by atoms with Crippen molar-refractivity contribution in [2.24, 2.45) is 0 Å². The molecule has 0 saturated heterocycles. The molecule has 0 rings (SSSR count). The molecule has 0 saturated carbocycles. The summed E-state index contributed by atoms with van der Waals surface area (Å²) in [4.78, 5) is 0. The van der Waals surface area contributed by atoms with Gasteiger partial charge in [-0.2, -0.15) is 0 Å². The Balaban J connectivity index is 0. The summed E-state index contributed by atoms with van der Waals surface area (Å²) >= 11 is 0. The molecule has 0 amide bonds. The van der Waals surface area contributed by atoms with Gasteiger partial charge < -0.3 is 0 Å². The summed E-state index contributed by atoms with van der Waals surface area (Å²) in [6.07, 6.45) is 0. The van der Waals surface area contributed by atoms with Crippen LogP contribution < -0.4 is 0 Å². The molecule has 0 N–H and O–H groups in total. The topological polar surface area (TPSA) is 0 Å². The van der Waals surface area contributed by atoms with Crippen molar-refractivity contribution >= 4 is 51.7 Å². The van der Waals surface area contributed by atoms with E-state index in [0.29, 0.717) is 0 Å². The summed E-state index contributed by atoms with van der Waals surface area (Å²) < 4.78 is 0. The van der Waals surface area contributed by atoms with Crippen LogP contribution in [-0.4, -0.2) is 51.7 Å². The summed E-state index contributed by atoms with van der Waals surface area (Å²) in [7, 11) is 0. The van der Waals surface area contributed by atoms with E-state index in [4.69, 9.17) is 0 Å². The largest absolute Gasteiger partial charge is 0 e. The van der Waals surface area contributed by atoms with Crippen molar-refractivity contribution < 1.29 is 39.0 Å². The fraction of sp³-hybridized carbons (Fsp3) is 0. The molecular weight excluding hydrogens is 360 g/mol. The molecule has 0 aliphatic rings. The molecule has 0 nitrogen and oxygen atoms in total. The van der Waals surface area contributed by atoms with E-state index in [9.17, 15) is 0 Å². The van der Waals surface area contributed by atoms with E-state index < -0.39 is 0 Å². The Bertz CT molecular complexity index is 4.00. The maximum Gasteiger partial charge on any atom is 0 e. The van der Waals surface area contributed by atoms with Crippen LogP contribution in [0.25, 0.3) is 0 Å². The van der Waals surface area contributed by atoms with Gasteiger partial charge >= 0.3 is 0 Å². The smallest absolute Gasteiger partial charge is 0 e. The van der Waals surface area contributed by atoms with Crippen molar-refractivity contribution in [3.63, 3.8) is 0 Å². The van der Waals surface area contributed by atoms with Gasteiger partial charge in [-0.3, -0.25) is 0 Å². The van der Waals surface area contributed by atoms with E-state index in [1.165, 1.54) is 0 Å². The van der Waals surface area contributed by atoms with Crippen LogP contribution >= 0.6 is 0 Å². The number of hydrogen-bond acceptors (Lipinski definition) is 0. The van der Waals surface area contributed by atoms with Gasteiger partial charge in [-0.25, -0.2) is 0 Å². The van der Waals surface area contributed by atoms with E-state index in [0.717, 1.165) is 0 Å². The first kappa shape index (κ1) is 28.1. The summed E-state index contributed by atoms with van der Waals surface area (Å²) in [5, 5.41) is 0. The van der Waals surface area contributed by atoms with Crippen LogP contribution in [-0.2, 0) is 39.0 Å². The quantitative estimate of drug-likeness (QED) is 0.498. The van der Waals surface area contributed by atoms with Crippen LogP contribution in [0.2, 0.25) is 0 Å². The second-order valence-corrected chi connectivity index (χ2v) is 0. The second-order valence-electron chi connectivity index (χ2n) is 0. The molecule has 0 heterocycles. The van der Waals surface area contributed by atoms with Gasteiger partial charge in [0.25, 0.3) is 0 Å². The van der Waals surface area contributed by atoms with Crippen LogP contribution in [0.5, 0.6) is 0 Å². The van der Waals surface area contributed by atoms with Gasteiger partial charge in [0.05, 0.1) is 0 Å². The zero-order chi connectivity index (χ0) is 0. The van der Waals surface area contributed by atoms with Crippen LogP contribution in [0.15, 0.2) is 0 Å². The molecule has 10 valence electrons. The van der Waals surface area contributed by atoms with E-state index in [1.807, 2.05) is 0 Å². The molecule has 0 aliphatic carbocycles. The SMILES string of the molecule is [In].[In].[Zn].[Zn]. The van der Waals surface area contributed by atoms with Crippen molar-refractivity contribution in [3.8, 4) is 0 Å². The van der Waals surface area contributed by atoms with Crippen LogP contribution in [0.1, 0.15) is 0 Å². The summed E-state index contributed by atoms with van der Waals surface area (Å²) in [5.74, 6) is 0. The van der Waals surface area contributed by atoms with Crippen molar-refractivity contribution in [1.29, 1.82) is 0 Å². The molecule has 6 radical (unpaired) electrons. The van der Waals surface area contributed by atoms with Gasteiger partial charge in [-0.05, 0) is 0 Å². The predicted octanol–water partition coefficient (Wildman–Crippen LogP) is -0.767. The summed E-state index contributed by atoms with van der Waals surface area (Å²) in [6.45, 7) is 0. The van der Waals surface area contributed by atoms with E-state index in [2.05, 4.69) is 0 Å². The first-order valence-corrected chi connectivity index (χ1v) is 0. The third kappa shape index (κ3) is 8.89. The Morgan fingerprint density at radius 3 is 0.500 bits per heavy atom. The molecule has 0 aliphatic heterocycles. The van der Waals surface area contributed by atoms with Crippen molar-refractivity contribution in [3.05, 3.63) is 0 Å². The predicted molar refractivity (Wildman–Crippen MR) is 11.5 cm³/mol. The van der Waals surface area contributed by atoms with Gasteiger partial charge in [-0.15, -0.1) is 0 Å². The molecule has 0 unspecified atom stereocenters. The molecule has 0 aromatic heterocycles. The Hall–Kier alpha value is 2.99. The zero-order valence-electron chi connectivity index (χ0n) is 2.57. The molecule has 0 fully saturated rings. The summed E-state index contributed by atoms with van der Waals surface area (Å²) in [6, 6.07) is 0. The van der Waals surface area contributed by atoms with Crippen LogP contribution in [0, 0.1) is 0 Å². The molecule has 0 aromatic carbocycles. The normalized spacial score (nSPS) is 0. The third-order valence-corrected chi connectivity index (χ3v) is 0. The first-order chi connectivity index (χ1) is 0. The Labute approximate surface area is 89.0 Å². The van der Waals surface area contributed by atoms with E-state index >= 15 is 0 Å². The molecule has 4 heavy (non-hydrogen) atoms. The third-order valence-electron chi connectivity index (χ3n) is 0. The minimum absolute atomic E-state index is 0. The molecule has 4 heteroatoms. The minimum atomic E-state index is 0. The first-order valence-electron chi connectivity index (χ1n) is 0. The zero-order valence-corrected chi connectivity index (χ0v) is 15.1. The average molecular weight is 360 g/mol. The second kappa shape index (κ2) is 16.7. The molecular formula is In2Zn2. The van der Waals surface area contributed by atoms with E-state index in [1.54, 1.807) is 0 Å². The van der Waals surface area contributed by atoms with E-state index in [-0.39, 0.29) is 90.6 Å². The maximum atomic E-state index is 0. The number of hydrogen-bond donors (Lipinski definition) is 0. The molecule has 0 atom stereocenters. The fourth-order valence-electron chi connectivity index (χ4n) is 0. The van der Waals surface area contributed by atoms with Gasteiger partial charge in [0.2, 0.25) is 0 Å². The standard InChI is InChI=1S/2In.2Zn. The van der Waals surface area contributed by atoms with Gasteiger partial charge in [-0.1, -0.05) is 0 Å². The molecule has 0 spiro atoms. The average Bonchev–Trinajstić information content (AvgIpc) is 0. The Kier molecular flexibility index (Phi) is 117. The Morgan fingerprint density at radius 1 is 0.500 bits per heavy atom. The number of rotatable bonds is 0. The van der Waals surface area contributed by atoms with Gasteiger partial charge in [0, 0.05) is 90.6 Å². The van der Waals surface area contributed by atoms with Crippen LogP contribution in [0.4, 0.5) is 0 Å². The van der Waals surface area contributed by atoms with Crippen molar-refractivity contribution in [2.75, 3.05) is 0 Å². The maximum absolute atomic E-state index is 0. The monoisotopic (exact) mass is 358 g/mol. The fourth-order valence-corrected chi connectivity index (χ4v) is 0. The van der Waals surface area contributed by atoms with Crippen LogP contribution in [0.3, 0.4) is 0 Å². The van der Waals surface area contributed by atoms with Crippen molar-refractivity contribution in [1.82, 2.24) is 0 Å². The molecule has 0 bridgehead atoms. The van der Waals surface area contributed by atoms with Gasteiger partial charge in [0.1, 0.15) is 0 Å². The summed E-state index contributed by atoms with van der Waals surface area (Å²) in [5.41, 5.74) is 0. The van der Waals surface area contributed by atoms with Gasteiger partial charge in [0.15, 0.2) is 0 Å². The van der Waals surface area contributed by atoms with Crippen molar-refractivity contribution in [2.45, 2.75) is 0 Å². The molecule has 0 aromatic rings. The minimum Gasteiger partial charge on any atom is 0 e. The Morgan fingerprint density at radius 2 is 0.500 bits per heavy atom.